The molecule has 1 aliphatic heterocycles. The Morgan fingerprint density at radius 1 is 1.17 bits per heavy atom. The highest BCUT2D eigenvalue weighted by Crippen LogP contribution is 2.12. The van der Waals surface area contributed by atoms with Gasteiger partial charge in [-0.25, -0.2) is 9.97 Å². The molecule has 2 rings (SSSR count). The maximum Gasteiger partial charge on any atom is 0.225 e. The molecule has 1 aromatic rings. The van der Waals surface area contributed by atoms with Crippen LogP contribution >= 0.6 is 0 Å². The summed E-state index contributed by atoms with van der Waals surface area (Å²) in [6.07, 6.45) is 3.61. The van der Waals surface area contributed by atoms with Gasteiger partial charge in [0.1, 0.15) is 0 Å². The first kappa shape index (κ1) is 13.2. The SMILES string of the molecule is CNC(C)(C)CN1CCN(c2ncccn2)CC1. The Balaban J connectivity index is 1.85. The number of anilines is 1. The van der Waals surface area contributed by atoms with Crippen molar-refractivity contribution < 1.29 is 0 Å². The predicted octanol–water partition coefficient (Wildman–Crippen LogP) is 0.597. The summed E-state index contributed by atoms with van der Waals surface area (Å²) in [5, 5.41) is 3.35. The van der Waals surface area contributed by atoms with Gasteiger partial charge >= 0.3 is 0 Å². The molecule has 5 nitrogen and oxygen atoms in total. The molecule has 1 aliphatic rings. The highest BCUT2D eigenvalue weighted by atomic mass is 15.3. The van der Waals surface area contributed by atoms with Crippen molar-refractivity contribution in [2.24, 2.45) is 0 Å². The van der Waals surface area contributed by atoms with Crippen molar-refractivity contribution in [3.8, 4) is 0 Å². The largest absolute Gasteiger partial charge is 0.338 e. The van der Waals surface area contributed by atoms with E-state index in [9.17, 15) is 0 Å². The molecule has 1 fully saturated rings. The summed E-state index contributed by atoms with van der Waals surface area (Å²) in [5.74, 6) is 0.852. The molecule has 0 amide bonds. The minimum Gasteiger partial charge on any atom is -0.338 e. The topological polar surface area (TPSA) is 44.3 Å². The summed E-state index contributed by atoms with van der Waals surface area (Å²) < 4.78 is 0. The Kier molecular flexibility index (Phi) is 4.14. The summed E-state index contributed by atoms with van der Waals surface area (Å²) in [4.78, 5) is 13.4. The number of aromatic nitrogens is 2. The van der Waals surface area contributed by atoms with Crippen LogP contribution in [-0.2, 0) is 0 Å². The summed E-state index contributed by atoms with van der Waals surface area (Å²) in [5.41, 5.74) is 0.172. The average molecular weight is 249 g/mol. The van der Waals surface area contributed by atoms with Gasteiger partial charge in [-0.1, -0.05) is 0 Å². The van der Waals surface area contributed by atoms with Gasteiger partial charge in [-0.05, 0) is 27.0 Å². The second-order valence-corrected chi connectivity index (χ2v) is 5.45. The Morgan fingerprint density at radius 2 is 1.78 bits per heavy atom. The van der Waals surface area contributed by atoms with E-state index in [2.05, 4.69) is 38.9 Å². The molecule has 0 radical (unpaired) electrons. The fourth-order valence-corrected chi connectivity index (χ4v) is 2.20. The van der Waals surface area contributed by atoms with Crippen LogP contribution in [0, 0.1) is 0 Å². The molecule has 2 heterocycles. The first-order chi connectivity index (χ1) is 8.61. The van der Waals surface area contributed by atoms with E-state index in [0.717, 1.165) is 38.7 Å². The van der Waals surface area contributed by atoms with Crippen molar-refractivity contribution >= 4 is 5.95 Å². The van der Waals surface area contributed by atoms with Gasteiger partial charge in [0.25, 0.3) is 0 Å². The lowest BCUT2D eigenvalue weighted by Crippen LogP contribution is -2.54. The van der Waals surface area contributed by atoms with Gasteiger partial charge in [0.05, 0.1) is 0 Å². The first-order valence-corrected chi connectivity index (χ1v) is 6.54. The lowest BCUT2D eigenvalue weighted by molar-refractivity contribution is 0.196. The third kappa shape index (κ3) is 3.40. The Hall–Kier alpha value is -1.20. The molecule has 1 saturated heterocycles. The number of nitrogens with zero attached hydrogens (tertiary/aromatic N) is 4. The van der Waals surface area contributed by atoms with Gasteiger partial charge in [0.15, 0.2) is 0 Å². The van der Waals surface area contributed by atoms with Crippen LogP contribution in [0.5, 0.6) is 0 Å². The number of nitrogens with one attached hydrogen (secondary N) is 1. The van der Waals surface area contributed by atoms with Crippen molar-refractivity contribution in [2.45, 2.75) is 19.4 Å². The van der Waals surface area contributed by atoms with E-state index in [1.165, 1.54) is 0 Å². The van der Waals surface area contributed by atoms with Crippen molar-refractivity contribution in [3.05, 3.63) is 18.5 Å². The summed E-state index contributed by atoms with van der Waals surface area (Å²) in [7, 11) is 2.02. The monoisotopic (exact) mass is 249 g/mol. The van der Waals surface area contributed by atoms with Crippen molar-refractivity contribution in [2.75, 3.05) is 44.7 Å². The molecule has 0 spiro atoms. The minimum absolute atomic E-state index is 0.172. The molecule has 0 atom stereocenters. The van der Waals surface area contributed by atoms with E-state index in [4.69, 9.17) is 0 Å². The second kappa shape index (κ2) is 5.63. The van der Waals surface area contributed by atoms with Crippen LogP contribution in [0.15, 0.2) is 18.5 Å². The van der Waals surface area contributed by atoms with Crippen LogP contribution in [0.3, 0.4) is 0 Å². The minimum atomic E-state index is 0.172. The van der Waals surface area contributed by atoms with E-state index in [-0.39, 0.29) is 5.54 Å². The Morgan fingerprint density at radius 3 is 2.33 bits per heavy atom. The fourth-order valence-electron chi connectivity index (χ4n) is 2.20. The molecular weight excluding hydrogens is 226 g/mol. The number of rotatable bonds is 4. The highest BCUT2D eigenvalue weighted by molar-refractivity contribution is 5.29. The lowest BCUT2D eigenvalue weighted by Gasteiger charge is -2.38. The van der Waals surface area contributed by atoms with Crippen molar-refractivity contribution in [3.63, 3.8) is 0 Å². The smallest absolute Gasteiger partial charge is 0.225 e. The summed E-state index contributed by atoms with van der Waals surface area (Å²) in [6.45, 7) is 9.70. The fraction of sp³-hybridized carbons (Fsp3) is 0.692. The van der Waals surface area contributed by atoms with Gasteiger partial charge in [0, 0.05) is 50.7 Å². The zero-order valence-electron chi connectivity index (χ0n) is 11.6. The molecule has 0 bridgehead atoms. The van der Waals surface area contributed by atoms with E-state index in [1.54, 1.807) is 12.4 Å². The summed E-state index contributed by atoms with van der Waals surface area (Å²) >= 11 is 0. The molecule has 0 unspecified atom stereocenters. The zero-order chi connectivity index (χ0) is 13.0. The van der Waals surface area contributed by atoms with Crippen molar-refractivity contribution in [1.29, 1.82) is 0 Å². The van der Waals surface area contributed by atoms with E-state index in [1.807, 2.05) is 13.1 Å². The zero-order valence-corrected chi connectivity index (χ0v) is 11.6. The normalized spacial score (nSPS) is 18.1. The highest BCUT2D eigenvalue weighted by Gasteiger charge is 2.24. The molecule has 0 aliphatic carbocycles. The molecule has 100 valence electrons. The second-order valence-electron chi connectivity index (χ2n) is 5.45. The maximum atomic E-state index is 4.30. The van der Waals surface area contributed by atoms with Gasteiger partial charge in [0.2, 0.25) is 5.95 Å². The van der Waals surface area contributed by atoms with Crippen LogP contribution in [0.25, 0.3) is 0 Å². The molecule has 1 N–H and O–H groups in total. The number of likely N-dealkylation sites (N-methyl/N-ethyl adjacent to an activating group) is 1. The van der Waals surface area contributed by atoms with Crippen molar-refractivity contribution in [1.82, 2.24) is 20.2 Å². The van der Waals surface area contributed by atoms with E-state index < -0.39 is 0 Å². The van der Waals surface area contributed by atoms with Gasteiger partial charge < -0.3 is 10.2 Å². The van der Waals surface area contributed by atoms with Crippen LogP contribution in [-0.4, -0.2) is 60.2 Å². The number of hydrogen-bond acceptors (Lipinski definition) is 5. The standard InChI is InChI=1S/C13H23N5/c1-13(2,14-3)11-17-7-9-18(10-8-17)12-15-5-4-6-16-12/h4-6,14H,7-11H2,1-3H3. The predicted molar refractivity (Wildman–Crippen MR) is 73.8 cm³/mol. The third-order valence-electron chi connectivity index (χ3n) is 3.50. The van der Waals surface area contributed by atoms with Crippen LogP contribution in [0.4, 0.5) is 5.95 Å². The number of hydrogen-bond donors (Lipinski definition) is 1. The van der Waals surface area contributed by atoms with Crippen LogP contribution in [0.1, 0.15) is 13.8 Å². The van der Waals surface area contributed by atoms with Crippen LogP contribution in [0.2, 0.25) is 0 Å². The maximum absolute atomic E-state index is 4.30. The first-order valence-electron chi connectivity index (χ1n) is 6.54. The third-order valence-corrected chi connectivity index (χ3v) is 3.50. The molecule has 5 heteroatoms. The summed E-state index contributed by atoms with van der Waals surface area (Å²) in [6, 6.07) is 1.86. The van der Waals surface area contributed by atoms with Crippen LogP contribution < -0.4 is 10.2 Å². The average Bonchev–Trinajstić information content (AvgIpc) is 2.40. The lowest BCUT2D eigenvalue weighted by atomic mass is 10.1. The molecule has 0 aromatic carbocycles. The molecular formula is C13H23N5. The van der Waals surface area contributed by atoms with Gasteiger partial charge in [-0.2, -0.15) is 0 Å². The molecule has 1 aromatic heterocycles. The van der Waals surface area contributed by atoms with Gasteiger partial charge in [-0.15, -0.1) is 0 Å². The number of piperazine rings is 1. The molecule has 18 heavy (non-hydrogen) atoms. The van der Waals surface area contributed by atoms with E-state index in [0.29, 0.717) is 0 Å². The Bertz CT molecular complexity index is 357. The molecule has 0 saturated carbocycles. The van der Waals surface area contributed by atoms with Gasteiger partial charge in [-0.3, -0.25) is 4.90 Å². The Labute approximate surface area is 109 Å². The van der Waals surface area contributed by atoms with E-state index >= 15 is 0 Å². The quantitative estimate of drug-likeness (QED) is 0.846.